The lowest BCUT2D eigenvalue weighted by Gasteiger charge is -2.09. The minimum Gasteiger partial charge on any atom is -0.206 e. The second-order valence-corrected chi connectivity index (χ2v) is 6.61. The fourth-order valence-electron chi connectivity index (χ4n) is 3.53. The molecule has 0 saturated carbocycles. The Morgan fingerprint density at radius 3 is 2.15 bits per heavy atom. The highest BCUT2D eigenvalue weighted by Crippen LogP contribution is 2.31. The Kier molecular flexibility index (Phi) is 4.14. The molecule has 1 nitrogen and oxygen atoms in total. The predicted molar refractivity (Wildman–Crippen MR) is 106 cm³/mol. The lowest BCUT2D eigenvalue weighted by Crippen LogP contribution is -1.87. The fraction of sp³-hybridized carbons (Fsp3) is 0.125. The highest BCUT2D eigenvalue weighted by Gasteiger charge is 2.07. The van der Waals surface area contributed by atoms with E-state index in [2.05, 4.69) is 49.4 Å². The molecule has 0 N–H and O–H groups in total. The van der Waals surface area contributed by atoms with E-state index in [1.54, 1.807) is 6.07 Å². The average Bonchev–Trinajstić information content (AvgIpc) is 2.67. The van der Waals surface area contributed by atoms with Crippen molar-refractivity contribution in [3.05, 3.63) is 83.7 Å². The Hall–Kier alpha value is -3.18. The molecule has 0 amide bonds. The SMILES string of the molecule is CCCc1ccc2c(ccc3cc(-c4ccc(C#N)c(F)c4)ccc32)c1. The normalized spacial score (nSPS) is 11.0. The van der Waals surface area contributed by atoms with Crippen LogP contribution in [0.5, 0.6) is 0 Å². The van der Waals surface area contributed by atoms with Crippen LogP contribution >= 0.6 is 0 Å². The van der Waals surface area contributed by atoms with Gasteiger partial charge in [0.15, 0.2) is 0 Å². The lowest BCUT2D eigenvalue weighted by atomic mass is 9.95. The van der Waals surface area contributed by atoms with E-state index in [4.69, 9.17) is 5.26 Å². The summed E-state index contributed by atoms with van der Waals surface area (Å²) in [6.07, 6.45) is 2.24. The van der Waals surface area contributed by atoms with E-state index in [0.717, 1.165) is 29.4 Å². The first-order chi connectivity index (χ1) is 12.7. The van der Waals surface area contributed by atoms with Gasteiger partial charge in [-0.2, -0.15) is 5.26 Å². The predicted octanol–water partition coefficient (Wildman–Crippen LogP) is 6.62. The van der Waals surface area contributed by atoms with Gasteiger partial charge in [-0.1, -0.05) is 61.9 Å². The van der Waals surface area contributed by atoms with Crippen molar-refractivity contribution in [1.29, 1.82) is 5.26 Å². The molecule has 4 aromatic carbocycles. The standard InChI is InChI=1S/C24H18FN/c1-2-3-16-4-10-22-19(12-16)6-7-20-13-17(9-11-23(20)22)18-5-8-21(15-26)24(25)14-18/h4-14H,2-3H2,1H3. The van der Waals surface area contributed by atoms with Gasteiger partial charge >= 0.3 is 0 Å². The van der Waals surface area contributed by atoms with Crippen molar-refractivity contribution < 1.29 is 4.39 Å². The third-order valence-electron chi connectivity index (χ3n) is 4.86. The number of aryl methyl sites for hydroxylation is 1. The van der Waals surface area contributed by atoms with Crippen molar-refractivity contribution in [3.63, 3.8) is 0 Å². The zero-order valence-electron chi connectivity index (χ0n) is 14.6. The summed E-state index contributed by atoms with van der Waals surface area (Å²) < 4.78 is 13.9. The van der Waals surface area contributed by atoms with Crippen LogP contribution in [0, 0.1) is 17.1 Å². The molecule has 0 saturated heterocycles. The summed E-state index contributed by atoms with van der Waals surface area (Å²) in [6.45, 7) is 2.19. The molecule has 26 heavy (non-hydrogen) atoms. The van der Waals surface area contributed by atoms with Gasteiger partial charge < -0.3 is 0 Å². The van der Waals surface area contributed by atoms with Crippen molar-refractivity contribution in [3.8, 4) is 17.2 Å². The molecule has 0 aliphatic heterocycles. The highest BCUT2D eigenvalue weighted by atomic mass is 19.1. The highest BCUT2D eigenvalue weighted by molar-refractivity contribution is 6.08. The first kappa shape index (κ1) is 16.3. The van der Waals surface area contributed by atoms with Gasteiger partial charge in [-0.25, -0.2) is 4.39 Å². The van der Waals surface area contributed by atoms with Crippen LogP contribution in [0.3, 0.4) is 0 Å². The molecule has 0 fully saturated rings. The number of nitrogens with zero attached hydrogens (tertiary/aromatic N) is 1. The van der Waals surface area contributed by atoms with Crippen LogP contribution in [0.15, 0.2) is 66.7 Å². The molecule has 2 heteroatoms. The number of hydrogen-bond acceptors (Lipinski definition) is 1. The van der Waals surface area contributed by atoms with Gasteiger partial charge in [0.25, 0.3) is 0 Å². The van der Waals surface area contributed by atoms with E-state index in [1.807, 2.05) is 12.1 Å². The largest absolute Gasteiger partial charge is 0.206 e. The van der Waals surface area contributed by atoms with Crippen molar-refractivity contribution >= 4 is 21.5 Å². The maximum Gasteiger partial charge on any atom is 0.141 e. The Bertz CT molecular complexity index is 1170. The monoisotopic (exact) mass is 339 g/mol. The molecule has 0 aliphatic rings. The minimum absolute atomic E-state index is 0.0726. The molecule has 0 aliphatic carbocycles. The number of hydrogen-bond donors (Lipinski definition) is 0. The zero-order chi connectivity index (χ0) is 18.1. The van der Waals surface area contributed by atoms with Crippen LogP contribution < -0.4 is 0 Å². The van der Waals surface area contributed by atoms with Crippen LogP contribution in [0.4, 0.5) is 4.39 Å². The van der Waals surface area contributed by atoms with Crippen molar-refractivity contribution in [1.82, 2.24) is 0 Å². The maximum atomic E-state index is 13.9. The summed E-state index contributed by atoms with van der Waals surface area (Å²) >= 11 is 0. The van der Waals surface area contributed by atoms with Crippen molar-refractivity contribution in [2.75, 3.05) is 0 Å². The van der Waals surface area contributed by atoms with Gasteiger partial charge in [0.1, 0.15) is 11.9 Å². The second kappa shape index (κ2) is 6.61. The number of nitriles is 1. The van der Waals surface area contributed by atoms with Crippen LogP contribution in [-0.4, -0.2) is 0 Å². The Balaban J connectivity index is 1.83. The van der Waals surface area contributed by atoms with E-state index in [9.17, 15) is 4.39 Å². The third kappa shape index (κ3) is 2.82. The summed E-state index contributed by atoms with van der Waals surface area (Å²) in [5.74, 6) is -0.480. The van der Waals surface area contributed by atoms with Crippen LogP contribution in [-0.2, 0) is 6.42 Å². The molecule has 0 atom stereocenters. The summed E-state index contributed by atoms with van der Waals surface area (Å²) in [5.41, 5.74) is 3.16. The molecule has 4 rings (SSSR count). The van der Waals surface area contributed by atoms with E-state index in [-0.39, 0.29) is 5.56 Å². The van der Waals surface area contributed by atoms with Crippen LogP contribution in [0.1, 0.15) is 24.5 Å². The van der Waals surface area contributed by atoms with E-state index in [0.29, 0.717) is 0 Å². The topological polar surface area (TPSA) is 23.8 Å². The summed E-state index contributed by atoms with van der Waals surface area (Å²) in [4.78, 5) is 0. The molecule has 0 bridgehead atoms. The van der Waals surface area contributed by atoms with Gasteiger partial charge in [-0.15, -0.1) is 0 Å². The first-order valence-corrected chi connectivity index (χ1v) is 8.85. The third-order valence-corrected chi connectivity index (χ3v) is 4.86. The van der Waals surface area contributed by atoms with Crippen LogP contribution in [0.25, 0.3) is 32.7 Å². The Labute approximate surface area is 152 Å². The van der Waals surface area contributed by atoms with Crippen molar-refractivity contribution in [2.24, 2.45) is 0 Å². The Morgan fingerprint density at radius 2 is 1.46 bits per heavy atom. The molecule has 0 radical (unpaired) electrons. The van der Waals surface area contributed by atoms with E-state index >= 15 is 0 Å². The summed E-state index contributed by atoms with van der Waals surface area (Å²) in [6, 6.07) is 23.8. The van der Waals surface area contributed by atoms with Gasteiger partial charge in [-0.05, 0) is 62.9 Å². The molecule has 0 unspecified atom stereocenters. The Morgan fingerprint density at radius 1 is 0.808 bits per heavy atom. The van der Waals surface area contributed by atoms with Gasteiger partial charge in [0.2, 0.25) is 0 Å². The zero-order valence-corrected chi connectivity index (χ0v) is 14.6. The van der Waals surface area contributed by atoms with Gasteiger partial charge in [-0.3, -0.25) is 0 Å². The molecular formula is C24H18FN. The number of fused-ring (bicyclic) bond motifs is 3. The van der Waals surface area contributed by atoms with Gasteiger partial charge in [0, 0.05) is 0 Å². The van der Waals surface area contributed by atoms with E-state index in [1.165, 1.54) is 33.9 Å². The minimum atomic E-state index is -0.480. The van der Waals surface area contributed by atoms with Crippen molar-refractivity contribution in [2.45, 2.75) is 19.8 Å². The molecular weight excluding hydrogens is 321 g/mol. The molecule has 4 aromatic rings. The molecule has 0 spiro atoms. The summed E-state index contributed by atoms with van der Waals surface area (Å²) in [7, 11) is 0. The van der Waals surface area contributed by atoms with Crippen LogP contribution in [0.2, 0.25) is 0 Å². The number of rotatable bonds is 3. The lowest BCUT2D eigenvalue weighted by molar-refractivity contribution is 0.624. The fourth-order valence-corrected chi connectivity index (χ4v) is 3.53. The maximum absolute atomic E-state index is 13.9. The molecule has 0 heterocycles. The smallest absolute Gasteiger partial charge is 0.141 e. The first-order valence-electron chi connectivity index (χ1n) is 8.85. The van der Waals surface area contributed by atoms with E-state index < -0.39 is 5.82 Å². The molecule has 126 valence electrons. The number of benzene rings is 4. The average molecular weight is 339 g/mol. The number of halogens is 1. The van der Waals surface area contributed by atoms with Gasteiger partial charge in [0.05, 0.1) is 5.56 Å². The molecule has 0 aromatic heterocycles. The second-order valence-electron chi connectivity index (χ2n) is 6.61. The quantitative estimate of drug-likeness (QED) is 0.385. The summed E-state index contributed by atoms with van der Waals surface area (Å²) in [5, 5.41) is 13.7.